The highest BCUT2D eigenvalue weighted by molar-refractivity contribution is 7.89. The van der Waals surface area contributed by atoms with Gasteiger partial charge in [-0.3, -0.25) is 4.79 Å². The quantitative estimate of drug-likeness (QED) is 0.857. The van der Waals surface area contributed by atoms with E-state index in [0.29, 0.717) is 31.1 Å². The Hall–Kier alpha value is -2.18. The molecule has 3 rings (SSSR count). The summed E-state index contributed by atoms with van der Waals surface area (Å²) in [7, 11) is -3.57. The minimum Gasteiger partial charge on any atom is -0.348 e. The van der Waals surface area contributed by atoms with Crippen molar-refractivity contribution < 1.29 is 13.2 Å². The fourth-order valence-electron chi connectivity index (χ4n) is 3.30. The molecular weight excluding hydrogens is 360 g/mol. The minimum atomic E-state index is -3.57. The van der Waals surface area contributed by atoms with Gasteiger partial charge in [0.15, 0.2) is 0 Å². The lowest BCUT2D eigenvalue weighted by molar-refractivity contribution is 0.0950. The highest BCUT2D eigenvalue weighted by Crippen LogP contribution is 2.24. The first-order valence-corrected chi connectivity index (χ1v) is 10.7. The van der Waals surface area contributed by atoms with Crippen molar-refractivity contribution in [1.82, 2.24) is 9.62 Å². The van der Waals surface area contributed by atoms with E-state index in [9.17, 15) is 13.2 Å². The summed E-state index contributed by atoms with van der Waals surface area (Å²) >= 11 is 0. The maximum atomic E-state index is 12.9. The predicted octanol–water partition coefficient (Wildman–Crippen LogP) is 3.35. The number of aryl methyl sites for hydroxylation is 1. The first kappa shape index (κ1) is 19.6. The fraction of sp³-hybridized carbons (Fsp3) is 0.381. The third-order valence-corrected chi connectivity index (χ3v) is 6.79. The number of hydrogen-bond acceptors (Lipinski definition) is 3. The molecule has 6 heteroatoms. The summed E-state index contributed by atoms with van der Waals surface area (Å²) in [5.74, 6) is 0.0779. The van der Waals surface area contributed by atoms with Crippen molar-refractivity contribution in [2.24, 2.45) is 5.92 Å². The molecule has 1 aliphatic heterocycles. The average molecular weight is 387 g/mol. The third-order valence-electron chi connectivity index (χ3n) is 4.93. The summed E-state index contributed by atoms with van der Waals surface area (Å²) in [6, 6.07) is 14.2. The van der Waals surface area contributed by atoms with Crippen LogP contribution in [0.15, 0.2) is 53.4 Å². The second kappa shape index (κ2) is 8.23. The van der Waals surface area contributed by atoms with Crippen LogP contribution in [0.5, 0.6) is 0 Å². The summed E-state index contributed by atoms with van der Waals surface area (Å²) in [6.07, 6.45) is 1.92. The van der Waals surface area contributed by atoms with E-state index in [1.54, 1.807) is 18.2 Å². The summed E-state index contributed by atoms with van der Waals surface area (Å²) in [5, 5.41) is 2.85. The number of rotatable bonds is 5. The van der Waals surface area contributed by atoms with Gasteiger partial charge < -0.3 is 5.32 Å². The fourth-order valence-corrected chi connectivity index (χ4v) is 4.95. The van der Waals surface area contributed by atoms with E-state index < -0.39 is 10.0 Å². The molecule has 1 amide bonds. The van der Waals surface area contributed by atoms with Gasteiger partial charge in [0.1, 0.15) is 0 Å². The third kappa shape index (κ3) is 4.76. The molecule has 1 aliphatic rings. The van der Waals surface area contributed by atoms with Crippen molar-refractivity contribution in [3.05, 3.63) is 65.2 Å². The number of carbonyl (C=O) groups excluding carboxylic acids is 1. The van der Waals surface area contributed by atoms with E-state index in [1.165, 1.54) is 10.4 Å². The number of piperidine rings is 1. The molecule has 1 heterocycles. The highest BCUT2D eigenvalue weighted by atomic mass is 32.2. The number of benzene rings is 2. The molecule has 0 aromatic heterocycles. The van der Waals surface area contributed by atoms with Gasteiger partial charge in [0.2, 0.25) is 10.0 Å². The number of amides is 1. The van der Waals surface area contributed by atoms with Gasteiger partial charge in [0.05, 0.1) is 4.90 Å². The largest absolute Gasteiger partial charge is 0.348 e. The Morgan fingerprint density at radius 3 is 2.63 bits per heavy atom. The summed E-state index contributed by atoms with van der Waals surface area (Å²) in [6.45, 7) is 5.55. The van der Waals surface area contributed by atoms with Crippen LogP contribution in [0.4, 0.5) is 0 Å². The standard InChI is InChI=1S/C21H26N2O3S/c1-16-8-10-18(11-9-16)14-22-21(24)19-6-3-7-20(13-19)27(25,26)23-12-4-5-17(2)15-23/h3,6-11,13,17H,4-5,12,14-15H2,1-2H3,(H,22,24). The summed E-state index contributed by atoms with van der Waals surface area (Å²) in [4.78, 5) is 12.7. The van der Waals surface area contributed by atoms with Gasteiger partial charge in [-0.1, -0.05) is 42.8 Å². The number of sulfonamides is 1. The maximum absolute atomic E-state index is 12.9. The Morgan fingerprint density at radius 1 is 1.19 bits per heavy atom. The zero-order chi connectivity index (χ0) is 19.4. The maximum Gasteiger partial charge on any atom is 0.251 e. The van der Waals surface area contributed by atoms with E-state index in [0.717, 1.165) is 24.0 Å². The van der Waals surface area contributed by atoms with Crippen LogP contribution < -0.4 is 5.32 Å². The molecule has 0 radical (unpaired) electrons. The Bertz CT molecular complexity index is 907. The molecule has 1 atom stereocenters. The molecule has 1 saturated heterocycles. The van der Waals surface area contributed by atoms with E-state index in [4.69, 9.17) is 0 Å². The van der Waals surface area contributed by atoms with Gasteiger partial charge in [0, 0.05) is 25.2 Å². The second-order valence-electron chi connectivity index (χ2n) is 7.31. The van der Waals surface area contributed by atoms with Crippen LogP contribution in [0.2, 0.25) is 0 Å². The van der Waals surface area contributed by atoms with Crippen molar-refractivity contribution in [1.29, 1.82) is 0 Å². The molecule has 144 valence electrons. The molecule has 5 nitrogen and oxygen atoms in total. The van der Waals surface area contributed by atoms with Gasteiger partial charge in [-0.05, 0) is 49.4 Å². The van der Waals surface area contributed by atoms with E-state index >= 15 is 0 Å². The van der Waals surface area contributed by atoms with E-state index in [-0.39, 0.29) is 10.8 Å². The van der Waals surface area contributed by atoms with Crippen molar-refractivity contribution >= 4 is 15.9 Å². The molecule has 2 aromatic rings. The Labute approximate surface area is 161 Å². The Kier molecular flexibility index (Phi) is 5.97. The topological polar surface area (TPSA) is 66.5 Å². The summed E-state index contributed by atoms with van der Waals surface area (Å²) in [5.41, 5.74) is 2.52. The lowest BCUT2D eigenvalue weighted by Crippen LogP contribution is -2.39. The van der Waals surface area contributed by atoms with Crippen molar-refractivity contribution in [2.45, 2.75) is 38.1 Å². The lowest BCUT2D eigenvalue weighted by Gasteiger charge is -2.30. The van der Waals surface area contributed by atoms with Crippen LogP contribution in [-0.2, 0) is 16.6 Å². The monoisotopic (exact) mass is 386 g/mol. The molecule has 0 aliphatic carbocycles. The number of nitrogens with zero attached hydrogens (tertiary/aromatic N) is 1. The molecule has 2 aromatic carbocycles. The molecule has 27 heavy (non-hydrogen) atoms. The van der Waals surface area contributed by atoms with Gasteiger partial charge >= 0.3 is 0 Å². The average Bonchev–Trinajstić information content (AvgIpc) is 2.67. The molecule has 0 spiro atoms. The number of carbonyl (C=O) groups is 1. The van der Waals surface area contributed by atoms with Crippen LogP contribution in [0.25, 0.3) is 0 Å². The predicted molar refractivity (Wildman–Crippen MR) is 106 cm³/mol. The molecule has 1 N–H and O–H groups in total. The van der Waals surface area contributed by atoms with E-state index in [1.807, 2.05) is 31.2 Å². The molecular formula is C21H26N2O3S. The minimum absolute atomic E-state index is 0.180. The number of hydrogen-bond donors (Lipinski definition) is 1. The smallest absolute Gasteiger partial charge is 0.251 e. The van der Waals surface area contributed by atoms with Gasteiger partial charge in [-0.15, -0.1) is 0 Å². The first-order chi connectivity index (χ1) is 12.9. The molecule has 1 fully saturated rings. The van der Waals surface area contributed by atoms with Gasteiger partial charge in [-0.2, -0.15) is 4.31 Å². The second-order valence-corrected chi connectivity index (χ2v) is 9.24. The van der Waals surface area contributed by atoms with Crippen LogP contribution in [0, 0.1) is 12.8 Å². The Morgan fingerprint density at radius 2 is 1.93 bits per heavy atom. The highest BCUT2D eigenvalue weighted by Gasteiger charge is 2.29. The van der Waals surface area contributed by atoms with Crippen LogP contribution in [0.3, 0.4) is 0 Å². The molecule has 1 unspecified atom stereocenters. The lowest BCUT2D eigenvalue weighted by atomic mass is 10.0. The number of nitrogens with one attached hydrogen (secondary N) is 1. The van der Waals surface area contributed by atoms with Crippen molar-refractivity contribution in [3.63, 3.8) is 0 Å². The zero-order valence-electron chi connectivity index (χ0n) is 15.8. The van der Waals surface area contributed by atoms with E-state index in [2.05, 4.69) is 12.2 Å². The van der Waals surface area contributed by atoms with Crippen LogP contribution in [-0.4, -0.2) is 31.7 Å². The normalized spacial score (nSPS) is 18.2. The molecule has 0 bridgehead atoms. The first-order valence-electron chi connectivity index (χ1n) is 9.30. The van der Waals surface area contributed by atoms with Crippen LogP contribution in [0.1, 0.15) is 41.3 Å². The van der Waals surface area contributed by atoms with Crippen molar-refractivity contribution in [3.8, 4) is 0 Å². The molecule has 0 saturated carbocycles. The van der Waals surface area contributed by atoms with Gasteiger partial charge in [-0.25, -0.2) is 8.42 Å². The zero-order valence-corrected chi connectivity index (χ0v) is 16.6. The SMILES string of the molecule is Cc1ccc(CNC(=O)c2cccc(S(=O)(=O)N3CCCC(C)C3)c2)cc1. The van der Waals surface area contributed by atoms with Crippen LogP contribution >= 0.6 is 0 Å². The van der Waals surface area contributed by atoms with Crippen molar-refractivity contribution in [2.75, 3.05) is 13.1 Å². The van der Waals surface area contributed by atoms with Gasteiger partial charge in [0.25, 0.3) is 5.91 Å². The summed E-state index contributed by atoms with van der Waals surface area (Å²) < 4.78 is 27.4. The Balaban J connectivity index is 1.72.